The Hall–Kier alpha value is -2.15. The fraction of sp³-hybridized carbons (Fsp3) is 0.667. The SMILES string of the molecule is CCC(CC)C(=O)NC[C@H]1[C@H]2CN(c3nnc4ccccn34)C[C@]23CC[C@H]1O3. The van der Waals surface area contributed by atoms with Gasteiger partial charge in [0.15, 0.2) is 5.65 Å². The molecule has 2 aromatic rings. The maximum Gasteiger partial charge on any atom is 0.231 e. The first-order chi connectivity index (χ1) is 13.6. The van der Waals surface area contributed by atoms with Gasteiger partial charge in [-0.1, -0.05) is 19.9 Å². The van der Waals surface area contributed by atoms with Gasteiger partial charge in [-0.3, -0.25) is 9.20 Å². The van der Waals surface area contributed by atoms with Crippen molar-refractivity contribution in [2.75, 3.05) is 24.5 Å². The van der Waals surface area contributed by atoms with E-state index < -0.39 is 0 Å². The quantitative estimate of drug-likeness (QED) is 0.829. The van der Waals surface area contributed by atoms with Crippen molar-refractivity contribution in [2.45, 2.75) is 51.2 Å². The monoisotopic (exact) mass is 383 g/mol. The highest BCUT2D eigenvalue weighted by Gasteiger charge is 2.63. The van der Waals surface area contributed by atoms with Crippen molar-refractivity contribution < 1.29 is 9.53 Å². The van der Waals surface area contributed by atoms with Crippen LogP contribution in [0.4, 0.5) is 5.95 Å². The highest BCUT2D eigenvalue weighted by atomic mass is 16.5. The summed E-state index contributed by atoms with van der Waals surface area (Å²) in [7, 11) is 0. The molecule has 4 atom stereocenters. The van der Waals surface area contributed by atoms with E-state index in [1.165, 1.54) is 0 Å². The van der Waals surface area contributed by atoms with Crippen molar-refractivity contribution in [3.63, 3.8) is 0 Å². The molecule has 1 amide bonds. The lowest BCUT2D eigenvalue weighted by molar-refractivity contribution is -0.125. The summed E-state index contributed by atoms with van der Waals surface area (Å²) in [6, 6.07) is 5.96. The molecule has 1 spiro atoms. The van der Waals surface area contributed by atoms with Crippen LogP contribution in [-0.4, -0.2) is 51.8 Å². The number of hydrogen-bond donors (Lipinski definition) is 1. The van der Waals surface area contributed by atoms with Crippen LogP contribution in [0.3, 0.4) is 0 Å². The van der Waals surface area contributed by atoms with Crippen molar-refractivity contribution in [1.29, 1.82) is 0 Å². The molecule has 0 radical (unpaired) electrons. The lowest BCUT2D eigenvalue weighted by Gasteiger charge is -2.29. The summed E-state index contributed by atoms with van der Waals surface area (Å²) in [5, 5.41) is 12.0. The van der Waals surface area contributed by atoms with Crippen molar-refractivity contribution in [3.05, 3.63) is 24.4 Å². The van der Waals surface area contributed by atoms with Crippen LogP contribution in [-0.2, 0) is 9.53 Å². The Kier molecular flexibility index (Phi) is 4.30. The van der Waals surface area contributed by atoms with E-state index in [4.69, 9.17) is 4.74 Å². The number of amides is 1. The number of hydrogen-bond acceptors (Lipinski definition) is 5. The van der Waals surface area contributed by atoms with Gasteiger partial charge in [-0.25, -0.2) is 0 Å². The molecule has 2 bridgehead atoms. The maximum absolute atomic E-state index is 12.5. The number of rotatable bonds is 6. The van der Waals surface area contributed by atoms with E-state index in [2.05, 4.69) is 34.3 Å². The summed E-state index contributed by atoms with van der Waals surface area (Å²) in [4.78, 5) is 14.8. The van der Waals surface area contributed by atoms with E-state index in [0.717, 1.165) is 56.9 Å². The molecule has 7 nitrogen and oxygen atoms in total. The Morgan fingerprint density at radius 2 is 2.21 bits per heavy atom. The van der Waals surface area contributed by atoms with E-state index in [-0.39, 0.29) is 23.5 Å². The molecule has 3 fully saturated rings. The third-order valence-electron chi connectivity index (χ3n) is 7.23. The van der Waals surface area contributed by atoms with Gasteiger partial charge < -0.3 is 15.0 Å². The summed E-state index contributed by atoms with van der Waals surface area (Å²) in [5.74, 6) is 2.03. The van der Waals surface area contributed by atoms with Crippen LogP contribution in [0.15, 0.2) is 24.4 Å². The van der Waals surface area contributed by atoms with Gasteiger partial charge in [0.05, 0.1) is 18.2 Å². The van der Waals surface area contributed by atoms with Crippen LogP contribution >= 0.6 is 0 Å². The molecule has 3 saturated heterocycles. The number of aromatic nitrogens is 3. The Bertz CT molecular complexity index is 879. The fourth-order valence-corrected chi connectivity index (χ4v) is 5.68. The summed E-state index contributed by atoms with van der Waals surface area (Å²) in [6.07, 6.45) is 6.29. The van der Waals surface area contributed by atoms with Gasteiger partial charge in [-0.05, 0) is 37.8 Å². The number of anilines is 1. The molecule has 5 heterocycles. The predicted octanol–water partition coefficient (Wildman–Crippen LogP) is 2.27. The van der Waals surface area contributed by atoms with Crippen LogP contribution in [0, 0.1) is 17.8 Å². The van der Waals surface area contributed by atoms with Crippen molar-refractivity contribution in [3.8, 4) is 0 Å². The number of carbonyl (C=O) groups is 1. The molecule has 3 aliphatic rings. The van der Waals surface area contributed by atoms with E-state index in [1.807, 2.05) is 28.8 Å². The number of ether oxygens (including phenoxy) is 1. The first kappa shape index (κ1) is 17.9. The second kappa shape index (κ2) is 6.72. The first-order valence-corrected chi connectivity index (χ1v) is 10.7. The Labute approximate surface area is 165 Å². The number of pyridine rings is 1. The van der Waals surface area contributed by atoms with Gasteiger partial charge in [0.2, 0.25) is 11.9 Å². The molecule has 5 rings (SSSR count). The highest BCUT2D eigenvalue weighted by molar-refractivity contribution is 5.78. The maximum atomic E-state index is 12.5. The minimum Gasteiger partial charge on any atom is -0.369 e. The smallest absolute Gasteiger partial charge is 0.231 e. The van der Waals surface area contributed by atoms with Crippen molar-refractivity contribution >= 4 is 17.5 Å². The Balaban J connectivity index is 1.33. The summed E-state index contributed by atoms with van der Waals surface area (Å²) >= 11 is 0. The van der Waals surface area contributed by atoms with Crippen LogP contribution < -0.4 is 10.2 Å². The summed E-state index contributed by atoms with van der Waals surface area (Å²) < 4.78 is 8.58. The van der Waals surface area contributed by atoms with Gasteiger partial charge in [-0.2, -0.15) is 0 Å². The Morgan fingerprint density at radius 3 is 3.04 bits per heavy atom. The van der Waals surface area contributed by atoms with Gasteiger partial charge in [0.25, 0.3) is 0 Å². The fourth-order valence-electron chi connectivity index (χ4n) is 5.68. The average molecular weight is 383 g/mol. The molecule has 28 heavy (non-hydrogen) atoms. The van der Waals surface area contributed by atoms with Crippen molar-refractivity contribution in [1.82, 2.24) is 19.9 Å². The number of fused-ring (bicyclic) bond motifs is 2. The minimum atomic E-state index is -0.0877. The minimum absolute atomic E-state index is 0.0877. The molecular weight excluding hydrogens is 354 g/mol. The standard InChI is InChI=1S/C21H29N5O2/c1-3-14(4-2)19(27)22-11-15-16-12-25(13-21(16)9-8-17(15)28-21)20-24-23-18-7-5-6-10-26(18)20/h5-7,10,14-17H,3-4,8-9,11-13H2,1-2H3,(H,22,27)/t15-,16+,17+,21+/m0/s1. The normalized spacial score (nSPS) is 31.1. The van der Waals surface area contributed by atoms with E-state index in [1.54, 1.807) is 0 Å². The predicted molar refractivity (Wildman–Crippen MR) is 106 cm³/mol. The van der Waals surface area contributed by atoms with E-state index >= 15 is 0 Å². The van der Waals surface area contributed by atoms with Gasteiger partial charge >= 0.3 is 0 Å². The topological polar surface area (TPSA) is 71.8 Å². The molecule has 150 valence electrons. The van der Waals surface area contributed by atoms with Crippen LogP contribution in [0.2, 0.25) is 0 Å². The van der Waals surface area contributed by atoms with E-state index in [0.29, 0.717) is 11.8 Å². The zero-order valence-electron chi connectivity index (χ0n) is 16.7. The van der Waals surface area contributed by atoms with Crippen LogP contribution in [0.5, 0.6) is 0 Å². The van der Waals surface area contributed by atoms with Crippen LogP contribution in [0.25, 0.3) is 5.65 Å². The molecule has 0 unspecified atom stereocenters. The van der Waals surface area contributed by atoms with Crippen molar-refractivity contribution in [2.24, 2.45) is 17.8 Å². The largest absolute Gasteiger partial charge is 0.369 e. The van der Waals surface area contributed by atoms with Gasteiger partial charge in [0, 0.05) is 37.0 Å². The number of carbonyl (C=O) groups excluding carboxylic acids is 1. The molecule has 0 saturated carbocycles. The molecular formula is C21H29N5O2. The van der Waals surface area contributed by atoms with Crippen LogP contribution in [0.1, 0.15) is 39.5 Å². The summed E-state index contributed by atoms with van der Waals surface area (Å²) in [6.45, 7) is 6.67. The zero-order valence-corrected chi connectivity index (χ0v) is 16.7. The zero-order chi connectivity index (χ0) is 19.3. The van der Waals surface area contributed by atoms with Gasteiger partial charge in [0.1, 0.15) is 0 Å². The lowest BCUT2D eigenvalue weighted by atomic mass is 9.73. The molecule has 2 aromatic heterocycles. The Morgan fingerprint density at radius 1 is 1.36 bits per heavy atom. The summed E-state index contributed by atoms with van der Waals surface area (Å²) in [5.41, 5.74) is 0.779. The highest BCUT2D eigenvalue weighted by Crippen LogP contribution is 2.55. The third kappa shape index (κ3) is 2.63. The number of nitrogens with zero attached hydrogens (tertiary/aromatic N) is 4. The third-order valence-corrected chi connectivity index (χ3v) is 7.23. The number of nitrogens with one attached hydrogen (secondary N) is 1. The second-order valence-electron chi connectivity index (χ2n) is 8.60. The molecule has 7 heteroatoms. The molecule has 1 N–H and O–H groups in total. The lowest BCUT2D eigenvalue weighted by Crippen LogP contribution is -2.43. The first-order valence-electron chi connectivity index (χ1n) is 10.7. The molecule has 3 aliphatic heterocycles. The van der Waals surface area contributed by atoms with Gasteiger partial charge in [-0.15, -0.1) is 10.2 Å². The molecule has 0 aromatic carbocycles. The van der Waals surface area contributed by atoms with E-state index in [9.17, 15) is 4.79 Å². The average Bonchev–Trinajstić information content (AvgIpc) is 3.45. The second-order valence-corrected chi connectivity index (χ2v) is 8.60. The molecule has 0 aliphatic carbocycles.